The quantitative estimate of drug-likeness (QED) is 0.512. The number of aromatic nitrogens is 4. The Kier molecular flexibility index (Phi) is 4.34. The molecule has 0 saturated carbocycles. The van der Waals surface area contributed by atoms with E-state index in [0.29, 0.717) is 32.8 Å². The van der Waals surface area contributed by atoms with Crippen molar-refractivity contribution in [2.45, 2.75) is 13.1 Å². The number of fused-ring (bicyclic) bond motifs is 1. The van der Waals surface area contributed by atoms with Crippen molar-refractivity contribution in [2.24, 2.45) is 0 Å². The number of benzene rings is 1. The molecule has 142 valence electrons. The predicted molar refractivity (Wildman–Crippen MR) is 102 cm³/mol. The Morgan fingerprint density at radius 2 is 1.82 bits per heavy atom. The van der Waals surface area contributed by atoms with Gasteiger partial charge in [-0.1, -0.05) is 35.6 Å². The van der Waals surface area contributed by atoms with E-state index < -0.39 is 11.9 Å². The van der Waals surface area contributed by atoms with E-state index in [1.807, 2.05) is 31.2 Å². The van der Waals surface area contributed by atoms with Crippen LogP contribution in [0.25, 0.3) is 21.7 Å². The first-order valence-corrected chi connectivity index (χ1v) is 8.93. The number of anilines is 3. The lowest BCUT2D eigenvalue weighted by Gasteiger charge is -2.10. The number of nitrogens with two attached hydrogens (primary N) is 1. The Labute approximate surface area is 161 Å². The van der Waals surface area contributed by atoms with Crippen molar-refractivity contribution >= 4 is 38.3 Å². The lowest BCUT2D eigenvalue weighted by molar-refractivity contribution is -0.141. The minimum absolute atomic E-state index is 0.319. The van der Waals surface area contributed by atoms with Crippen molar-refractivity contribution in [3.05, 3.63) is 53.9 Å². The molecule has 0 radical (unpaired) electrons. The lowest BCUT2D eigenvalue weighted by atomic mass is 10.1. The van der Waals surface area contributed by atoms with Crippen molar-refractivity contribution in [2.75, 3.05) is 11.1 Å². The van der Waals surface area contributed by atoms with Crippen LogP contribution in [-0.2, 0) is 6.18 Å². The molecule has 0 saturated heterocycles. The van der Waals surface area contributed by atoms with Crippen LogP contribution in [0.3, 0.4) is 0 Å². The fourth-order valence-electron chi connectivity index (χ4n) is 2.64. The largest absolute Gasteiger partial charge is 0.433 e. The molecule has 3 N–H and O–H groups in total. The SMILES string of the molecule is Cc1ccccc1-c1nc(Nc2ccc(C(F)(F)F)nc2)c2nc(N)sc2n1. The minimum Gasteiger partial charge on any atom is -0.375 e. The normalized spacial score (nSPS) is 11.7. The molecule has 3 heterocycles. The first kappa shape index (κ1) is 18.1. The number of nitrogens with one attached hydrogen (secondary N) is 1. The van der Waals surface area contributed by atoms with Crippen LogP contribution in [0.2, 0.25) is 0 Å². The molecule has 4 rings (SSSR count). The molecule has 0 aliphatic rings. The van der Waals surface area contributed by atoms with E-state index in [2.05, 4.69) is 25.3 Å². The smallest absolute Gasteiger partial charge is 0.375 e. The summed E-state index contributed by atoms with van der Waals surface area (Å²) < 4.78 is 38.1. The third kappa shape index (κ3) is 3.46. The maximum atomic E-state index is 12.7. The summed E-state index contributed by atoms with van der Waals surface area (Å²) in [7, 11) is 0. The minimum atomic E-state index is -4.50. The zero-order valence-corrected chi connectivity index (χ0v) is 15.3. The molecule has 0 atom stereocenters. The van der Waals surface area contributed by atoms with Crippen LogP contribution < -0.4 is 11.1 Å². The van der Waals surface area contributed by atoms with Crippen molar-refractivity contribution in [3.8, 4) is 11.4 Å². The van der Waals surface area contributed by atoms with E-state index in [1.54, 1.807) is 0 Å². The number of pyridine rings is 1. The molecule has 0 unspecified atom stereocenters. The van der Waals surface area contributed by atoms with Crippen LogP contribution in [0.4, 0.5) is 29.8 Å². The Hall–Kier alpha value is -3.27. The highest BCUT2D eigenvalue weighted by molar-refractivity contribution is 7.21. The number of aryl methyl sites for hydroxylation is 1. The molecule has 3 aromatic heterocycles. The van der Waals surface area contributed by atoms with Gasteiger partial charge in [-0.05, 0) is 24.6 Å². The summed E-state index contributed by atoms with van der Waals surface area (Å²) in [5.41, 5.74) is 7.46. The highest BCUT2D eigenvalue weighted by atomic mass is 32.1. The Bertz CT molecular complexity index is 1150. The number of hydrogen-bond donors (Lipinski definition) is 2. The average molecular weight is 402 g/mol. The van der Waals surface area contributed by atoms with E-state index in [-0.39, 0.29) is 0 Å². The second-order valence-electron chi connectivity index (χ2n) is 5.97. The molecule has 28 heavy (non-hydrogen) atoms. The van der Waals surface area contributed by atoms with Crippen LogP contribution >= 0.6 is 11.3 Å². The number of hydrogen-bond acceptors (Lipinski definition) is 7. The third-order valence-corrected chi connectivity index (χ3v) is 4.76. The average Bonchev–Trinajstić information content (AvgIpc) is 3.02. The molecule has 10 heteroatoms. The summed E-state index contributed by atoms with van der Waals surface area (Å²) in [6, 6.07) is 9.81. The van der Waals surface area contributed by atoms with E-state index in [1.165, 1.54) is 17.4 Å². The van der Waals surface area contributed by atoms with Gasteiger partial charge in [-0.3, -0.25) is 0 Å². The maximum Gasteiger partial charge on any atom is 0.433 e. The molecule has 0 aliphatic carbocycles. The molecule has 1 aromatic carbocycles. The van der Waals surface area contributed by atoms with Gasteiger partial charge >= 0.3 is 6.18 Å². The highest BCUT2D eigenvalue weighted by Gasteiger charge is 2.32. The van der Waals surface area contributed by atoms with Crippen molar-refractivity contribution in [3.63, 3.8) is 0 Å². The van der Waals surface area contributed by atoms with Crippen molar-refractivity contribution in [1.29, 1.82) is 0 Å². The van der Waals surface area contributed by atoms with Crippen molar-refractivity contribution < 1.29 is 13.2 Å². The third-order valence-electron chi connectivity index (χ3n) is 3.98. The fourth-order valence-corrected chi connectivity index (χ4v) is 3.35. The van der Waals surface area contributed by atoms with Crippen LogP contribution in [0.15, 0.2) is 42.6 Å². The summed E-state index contributed by atoms with van der Waals surface area (Å²) >= 11 is 1.21. The van der Waals surface area contributed by atoms with E-state index >= 15 is 0 Å². The van der Waals surface area contributed by atoms with Gasteiger partial charge in [-0.2, -0.15) is 13.2 Å². The van der Waals surface area contributed by atoms with Gasteiger partial charge < -0.3 is 11.1 Å². The van der Waals surface area contributed by atoms with Gasteiger partial charge in [0.25, 0.3) is 0 Å². The van der Waals surface area contributed by atoms with Gasteiger partial charge in [0.2, 0.25) is 0 Å². The summed E-state index contributed by atoms with van der Waals surface area (Å²) in [6.45, 7) is 1.94. The number of halogens is 3. The zero-order chi connectivity index (χ0) is 19.9. The molecular weight excluding hydrogens is 389 g/mol. The molecule has 0 spiro atoms. The summed E-state index contributed by atoms with van der Waals surface area (Å²) in [5, 5.41) is 3.30. The van der Waals surface area contributed by atoms with Crippen LogP contribution in [0, 0.1) is 6.92 Å². The number of nitrogens with zero attached hydrogens (tertiary/aromatic N) is 4. The Morgan fingerprint density at radius 1 is 1.04 bits per heavy atom. The number of thiazole rings is 1. The molecular formula is C18H13F3N6S. The van der Waals surface area contributed by atoms with E-state index in [9.17, 15) is 13.2 Å². The molecule has 0 amide bonds. The Morgan fingerprint density at radius 3 is 2.50 bits per heavy atom. The van der Waals surface area contributed by atoms with Gasteiger partial charge in [0, 0.05) is 5.56 Å². The molecule has 6 nitrogen and oxygen atoms in total. The fraction of sp³-hybridized carbons (Fsp3) is 0.111. The van der Waals surface area contributed by atoms with Crippen LogP contribution in [0.1, 0.15) is 11.3 Å². The monoisotopic (exact) mass is 402 g/mol. The van der Waals surface area contributed by atoms with Gasteiger partial charge in [-0.15, -0.1) is 0 Å². The van der Waals surface area contributed by atoms with Gasteiger partial charge in [0.05, 0.1) is 11.9 Å². The second-order valence-corrected chi connectivity index (χ2v) is 6.98. The van der Waals surface area contributed by atoms with E-state index in [0.717, 1.165) is 23.4 Å². The number of nitrogen functional groups attached to an aromatic ring is 1. The van der Waals surface area contributed by atoms with E-state index in [4.69, 9.17) is 5.73 Å². The van der Waals surface area contributed by atoms with Gasteiger partial charge in [-0.25, -0.2) is 19.9 Å². The highest BCUT2D eigenvalue weighted by Crippen LogP contribution is 2.33. The lowest BCUT2D eigenvalue weighted by Crippen LogP contribution is -2.08. The molecule has 0 aliphatic heterocycles. The van der Waals surface area contributed by atoms with Gasteiger partial charge in [0.15, 0.2) is 21.6 Å². The second kappa shape index (κ2) is 6.71. The Balaban J connectivity index is 1.78. The van der Waals surface area contributed by atoms with Crippen LogP contribution in [-0.4, -0.2) is 19.9 Å². The maximum absolute atomic E-state index is 12.7. The molecule has 0 bridgehead atoms. The summed E-state index contributed by atoms with van der Waals surface area (Å²) in [5.74, 6) is 0.814. The van der Waals surface area contributed by atoms with Gasteiger partial charge in [0.1, 0.15) is 11.2 Å². The topological polar surface area (TPSA) is 89.6 Å². The first-order valence-electron chi connectivity index (χ1n) is 8.11. The summed E-state index contributed by atoms with van der Waals surface area (Å²) in [6.07, 6.45) is -3.40. The summed E-state index contributed by atoms with van der Waals surface area (Å²) in [4.78, 5) is 17.3. The first-order chi connectivity index (χ1) is 13.3. The standard InChI is InChI=1S/C18H13F3N6S/c1-9-4-2-3-5-11(9)14-26-15(13-16(27-14)28-17(22)25-13)24-10-6-7-12(23-8-10)18(19,20)21/h2-8H,1H3,(H2,22,25)(H,24,26,27). The molecule has 4 aromatic rings. The predicted octanol–water partition coefficient (Wildman–Crippen LogP) is 4.80. The number of rotatable bonds is 3. The zero-order valence-electron chi connectivity index (χ0n) is 14.4. The molecule has 0 fully saturated rings. The van der Waals surface area contributed by atoms with Crippen molar-refractivity contribution in [1.82, 2.24) is 19.9 Å². The number of alkyl halides is 3. The van der Waals surface area contributed by atoms with Crippen LogP contribution in [0.5, 0.6) is 0 Å².